The molecule has 5 nitrogen and oxygen atoms in total. The largest absolute Gasteiger partial charge is 0.438 e. The SMILES string of the molecule is COC(C)(C)C(C)(C)OCOC(=O)C1(C)C(C)(C)C(C)(C)C2(C)OC2(C)C1(C)C. The Morgan fingerprint density at radius 2 is 1.21 bits per heavy atom. The van der Waals surface area contributed by atoms with Crippen LogP contribution in [0.1, 0.15) is 90.0 Å². The molecule has 1 heterocycles. The summed E-state index contributed by atoms with van der Waals surface area (Å²) in [5, 5.41) is 0. The third-order valence-electron chi connectivity index (χ3n) is 10.7. The Hall–Kier alpha value is -0.650. The third kappa shape index (κ3) is 2.59. The van der Waals surface area contributed by atoms with Gasteiger partial charge in [0.2, 0.25) is 0 Å². The van der Waals surface area contributed by atoms with Gasteiger partial charge in [-0.15, -0.1) is 0 Å². The number of fused-ring (bicyclic) bond motifs is 1. The van der Waals surface area contributed by atoms with Gasteiger partial charge in [0.25, 0.3) is 0 Å². The molecule has 0 radical (unpaired) electrons. The molecular formula is C24H44O5. The molecule has 29 heavy (non-hydrogen) atoms. The summed E-state index contributed by atoms with van der Waals surface area (Å²) in [6.45, 7) is 27.0. The molecule has 2 fully saturated rings. The van der Waals surface area contributed by atoms with Crippen LogP contribution in [0.25, 0.3) is 0 Å². The number of rotatable bonds is 6. The summed E-state index contributed by atoms with van der Waals surface area (Å²) in [6, 6.07) is 0. The summed E-state index contributed by atoms with van der Waals surface area (Å²) in [7, 11) is 1.65. The van der Waals surface area contributed by atoms with Gasteiger partial charge in [-0.2, -0.15) is 0 Å². The van der Waals surface area contributed by atoms with Crippen molar-refractivity contribution in [3.63, 3.8) is 0 Å². The van der Waals surface area contributed by atoms with Crippen molar-refractivity contribution in [2.45, 2.75) is 112 Å². The second-order valence-electron chi connectivity index (χ2n) is 12.1. The van der Waals surface area contributed by atoms with Gasteiger partial charge in [0, 0.05) is 17.9 Å². The highest BCUT2D eigenvalue weighted by molar-refractivity contribution is 5.80. The normalized spacial score (nSPS) is 37.6. The van der Waals surface area contributed by atoms with E-state index in [4.69, 9.17) is 18.9 Å². The van der Waals surface area contributed by atoms with Gasteiger partial charge < -0.3 is 18.9 Å². The van der Waals surface area contributed by atoms with E-state index in [1.807, 2.05) is 34.6 Å². The van der Waals surface area contributed by atoms with Crippen LogP contribution in [0.4, 0.5) is 0 Å². The molecule has 1 aliphatic carbocycles. The first-order valence-electron chi connectivity index (χ1n) is 10.7. The lowest BCUT2D eigenvalue weighted by Crippen LogP contribution is -2.70. The van der Waals surface area contributed by atoms with E-state index in [1.165, 1.54) is 0 Å². The number of epoxide rings is 1. The summed E-state index contributed by atoms with van der Waals surface area (Å²) in [5.41, 5.74) is -3.69. The van der Waals surface area contributed by atoms with Crippen molar-refractivity contribution in [3.05, 3.63) is 0 Å². The van der Waals surface area contributed by atoms with E-state index in [0.29, 0.717) is 0 Å². The van der Waals surface area contributed by atoms with Crippen LogP contribution in [-0.4, -0.2) is 42.3 Å². The van der Waals surface area contributed by atoms with Crippen LogP contribution in [0.3, 0.4) is 0 Å². The van der Waals surface area contributed by atoms with E-state index in [2.05, 4.69) is 55.4 Å². The smallest absolute Gasteiger partial charge is 0.315 e. The van der Waals surface area contributed by atoms with Crippen molar-refractivity contribution >= 4 is 5.97 Å². The highest BCUT2D eigenvalue weighted by Crippen LogP contribution is 2.81. The zero-order valence-corrected chi connectivity index (χ0v) is 21.2. The maximum Gasteiger partial charge on any atom is 0.315 e. The highest BCUT2D eigenvalue weighted by Gasteiger charge is 2.88. The minimum atomic E-state index is -0.779. The molecule has 170 valence electrons. The first kappa shape index (κ1) is 24.6. The molecule has 3 unspecified atom stereocenters. The average molecular weight is 413 g/mol. The van der Waals surface area contributed by atoms with Crippen molar-refractivity contribution in [2.24, 2.45) is 21.7 Å². The number of carbonyl (C=O) groups is 1. The molecule has 0 amide bonds. The van der Waals surface area contributed by atoms with Crippen LogP contribution in [0, 0.1) is 21.7 Å². The van der Waals surface area contributed by atoms with Gasteiger partial charge in [-0.05, 0) is 53.9 Å². The Bertz CT molecular complexity index is 689. The Morgan fingerprint density at radius 3 is 1.66 bits per heavy atom. The number of esters is 1. The van der Waals surface area contributed by atoms with Crippen LogP contribution in [0.5, 0.6) is 0 Å². The van der Waals surface area contributed by atoms with Crippen LogP contribution >= 0.6 is 0 Å². The van der Waals surface area contributed by atoms with E-state index in [9.17, 15) is 4.79 Å². The standard InChI is InChI=1S/C24H44O5/c1-17(2)18(3,4)23(12)24(13,29-23)19(5,6)22(17,11)16(25)27-15-28-21(9,10)20(7,8)26-14/h15H2,1-14H3. The Morgan fingerprint density at radius 1 is 0.759 bits per heavy atom. The van der Waals surface area contributed by atoms with E-state index in [0.717, 1.165) is 0 Å². The predicted molar refractivity (Wildman–Crippen MR) is 115 cm³/mol. The maximum absolute atomic E-state index is 13.7. The highest BCUT2D eigenvalue weighted by atomic mass is 16.7. The lowest BCUT2D eigenvalue weighted by molar-refractivity contribution is -0.235. The Balaban J connectivity index is 2.33. The minimum Gasteiger partial charge on any atom is -0.438 e. The lowest BCUT2D eigenvalue weighted by atomic mass is 9.35. The predicted octanol–water partition coefficient (Wildman–Crippen LogP) is 5.35. The van der Waals surface area contributed by atoms with Gasteiger partial charge in [0.1, 0.15) is 11.2 Å². The molecule has 3 atom stereocenters. The molecule has 0 aromatic heterocycles. The second kappa shape index (κ2) is 6.20. The van der Waals surface area contributed by atoms with Gasteiger partial charge in [-0.25, -0.2) is 0 Å². The van der Waals surface area contributed by atoms with Gasteiger partial charge >= 0.3 is 5.97 Å². The number of hydrogen-bond acceptors (Lipinski definition) is 5. The second-order valence-corrected chi connectivity index (χ2v) is 12.1. The van der Waals surface area contributed by atoms with Gasteiger partial charge in [-0.3, -0.25) is 4.79 Å². The van der Waals surface area contributed by atoms with E-state index < -0.39 is 27.6 Å². The first-order chi connectivity index (χ1) is 12.6. The fraction of sp³-hybridized carbons (Fsp3) is 0.958. The zero-order valence-electron chi connectivity index (χ0n) is 21.2. The number of carbonyl (C=O) groups excluding carboxylic acids is 1. The van der Waals surface area contributed by atoms with E-state index >= 15 is 0 Å². The van der Waals surface area contributed by atoms with Crippen molar-refractivity contribution < 1.29 is 23.7 Å². The number of hydrogen-bond donors (Lipinski definition) is 0. The molecule has 1 saturated heterocycles. The van der Waals surface area contributed by atoms with E-state index in [1.54, 1.807) is 7.11 Å². The molecule has 1 saturated carbocycles. The summed E-state index contributed by atoms with van der Waals surface area (Å²) >= 11 is 0. The van der Waals surface area contributed by atoms with Crippen molar-refractivity contribution in [1.29, 1.82) is 0 Å². The van der Waals surface area contributed by atoms with Crippen LogP contribution in [0.2, 0.25) is 0 Å². The first-order valence-corrected chi connectivity index (χ1v) is 10.7. The number of ether oxygens (including phenoxy) is 4. The lowest BCUT2D eigenvalue weighted by Gasteiger charge is -2.64. The summed E-state index contributed by atoms with van der Waals surface area (Å²) in [6.07, 6.45) is 0. The van der Waals surface area contributed by atoms with Crippen LogP contribution in [0.15, 0.2) is 0 Å². The monoisotopic (exact) mass is 412 g/mol. The Kier molecular flexibility index (Phi) is 5.26. The number of methoxy groups -OCH3 is 1. The van der Waals surface area contributed by atoms with Gasteiger partial charge in [-0.1, -0.05) is 41.5 Å². The molecule has 0 N–H and O–H groups in total. The summed E-state index contributed by atoms with van der Waals surface area (Å²) < 4.78 is 23.7. The quantitative estimate of drug-likeness (QED) is 0.334. The molecule has 2 aliphatic rings. The minimum absolute atomic E-state index is 0.115. The third-order valence-corrected chi connectivity index (χ3v) is 10.7. The fourth-order valence-corrected chi connectivity index (χ4v) is 5.61. The van der Waals surface area contributed by atoms with Gasteiger partial charge in [0.05, 0.1) is 16.6 Å². The fourth-order valence-electron chi connectivity index (χ4n) is 5.61. The average Bonchev–Trinajstić information content (AvgIpc) is 3.18. The molecular weight excluding hydrogens is 368 g/mol. The Labute approximate surface area is 178 Å². The van der Waals surface area contributed by atoms with Crippen molar-refractivity contribution in [3.8, 4) is 0 Å². The summed E-state index contributed by atoms with van der Waals surface area (Å²) in [4.78, 5) is 13.7. The zero-order chi connectivity index (χ0) is 23.1. The molecule has 2 rings (SSSR count). The summed E-state index contributed by atoms with van der Waals surface area (Å²) in [5.74, 6) is -0.245. The molecule has 0 aromatic carbocycles. The molecule has 0 spiro atoms. The topological polar surface area (TPSA) is 57.3 Å². The van der Waals surface area contributed by atoms with Crippen LogP contribution in [-0.2, 0) is 23.7 Å². The van der Waals surface area contributed by atoms with Gasteiger partial charge in [0.15, 0.2) is 6.79 Å². The maximum atomic E-state index is 13.7. The van der Waals surface area contributed by atoms with Crippen LogP contribution < -0.4 is 0 Å². The molecule has 1 aliphatic heterocycles. The van der Waals surface area contributed by atoms with Crippen molar-refractivity contribution in [1.82, 2.24) is 0 Å². The van der Waals surface area contributed by atoms with E-state index in [-0.39, 0.29) is 29.2 Å². The molecule has 5 heteroatoms. The molecule has 0 bridgehead atoms. The molecule has 0 aromatic rings. The van der Waals surface area contributed by atoms with Crippen molar-refractivity contribution in [2.75, 3.05) is 13.9 Å².